The molecule has 0 aromatic heterocycles. The Morgan fingerprint density at radius 2 is 2.08 bits per heavy atom. The van der Waals surface area contributed by atoms with E-state index < -0.39 is 0 Å². The van der Waals surface area contributed by atoms with Crippen LogP contribution in [-0.4, -0.2) is 11.7 Å². The van der Waals surface area contributed by atoms with E-state index in [4.69, 9.17) is 5.73 Å². The Kier molecular flexibility index (Phi) is 3.36. The van der Waals surface area contributed by atoms with E-state index >= 15 is 0 Å². The van der Waals surface area contributed by atoms with E-state index in [9.17, 15) is 0 Å². The summed E-state index contributed by atoms with van der Waals surface area (Å²) >= 11 is 0. The molecule has 0 bridgehead atoms. The van der Waals surface area contributed by atoms with Gasteiger partial charge < -0.3 is 5.73 Å². The molecule has 0 spiro atoms. The first kappa shape index (κ1) is 11.0. The molecule has 0 amide bonds. The maximum atomic E-state index is 5.78. The summed E-state index contributed by atoms with van der Waals surface area (Å²) in [5.41, 5.74) is 6.16. The van der Waals surface area contributed by atoms with Crippen molar-refractivity contribution in [1.29, 1.82) is 0 Å². The molecule has 2 heteroatoms. The third-order valence-corrected chi connectivity index (χ3v) is 3.13. The molecule has 0 aromatic rings. The fourth-order valence-corrected chi connectivity index (χ4v) is 2.42. The van der Waals surface area contributed by atoms with Crippen molar-refractivity contribution in [1.82, 2.24) is 5.32 Å². The van der Waals surface area contributed by atoms with Gasteiger partial charge in [0, 0.05) is 5.54 Å². The van der Waals surface area contributed by atoms with Crippen LogP contribution in [0.1, 0.15) is 47.0 Å². The van der Waals surface area contributed by atoms with Crippen molar-refractivity contribution >= 4 is 0 Å². The zero-order valence-electron chi connectivity index (χ0n) is 9.43. The van der Waals surface area contributed by atoms with Crippen molar-refractivity contribution < 1.29 is 0 Å². The van der Waals surface area contributed by atoms with Crippen molar-refractivity contribution in [2.24, 2.45) is 17.6 Å². The minimum atomic E-state index is 0.136. The molecule has 0 saturated heterocycles. The molecule has 0 heterocycles. The summed E-state index contributed by atoms with van der Waals surface area (Å²) in [5.74, 6) is 1.68. The van der Waals surface area contributed by atoms with Gasteiger partial charge in [-0.05, 0) is 38.0 Å². The number of rotatable bonds is 5. The molecular weight excluding hydrogens is 160 g/mol. The Morgan fingerprint density at radius 1 is 1.46 bits per heavy atom. The quantitative estimate of drug-likeness (QED) is 0.642. The standard InChI is InChI=1S/C11H24N2/c1-5-11(13-9(4)12)7-10(11)6-8(2)3/h8-10,13H,5-7,12H2,1-4H3. The molecule has 3 unspecified atom stereocenters. The molecule has 1 rings (SSSR count). The molecule has 78 valence electrons. The van der Waals surface area contributed by atoms with E-state index in [0.717, 1.165) is 11.8 Å². The molecule has 1 saturated carbocycles. The second kappa shape index (κ2) is 3.97. The van der Waals surface area contributed by atoms with Gasteiger partial charge in [-0.1, -0.05) is 20.8 Å². The Morgan fingerprint density at radius 3 is 2.46 bits per heavy atom. The number of nitrogens with two attached hydrogens (primary N) is 1. The van der Waals surface area contributed by atoms with Gasteiger partial charge in [-0.2, -0.15) is 0 Å². The monoisotopic (exact) mass is 184 g/mol. The Hall–Kier alpha value is -0.0800. The Bertz CT molecular complexity index is 165. The fraction of sp³-hybridized carbons (Fsp3) is 1.00. The van der Waals surface area contributed by atoms with Crippen LogP contribution in [-0.2, 0) is 0 Å². The van der Waals surface area contributed by atoms with Crippen LogP contribution in [0.5, 0.6) is 0 Å². The van der Waals surface area contributed by atoms with Crippen molar-refractivity contribution in [3.63, 3.8) is 0 Å². The fourth-order valence-electron chi connectivity index (χ4n) is 2.42. The van der Waals surface area contributed by atoms with Crippen LogP contribution in [0, 0.1) is 11.8 Å². The normalized spacial score (nSPS) is 35.1. The average Bonchev–Trinajstić information content (AvgIpc) is 2.61. The summed E-state index contributed by atoms with van der Waals surface area (Å²) in [7, 11) is 0. The largest absolute Gasteiger partial charge is 0.316 e. The van der Waals surface area contributed by atoms with Gasteiger partial charge in [-0.3, -0.25) is 5.32 Å². The van der Waals surface area contributed by atoms with E-state index in [1.54, 1.807) is 0 Å². The first-order valence-corrected chi connectivity index (χ1v) is 5.53. The predicted octanol–water partition coefficient (Wildman–Crippen LogP) is 2.10. The minimum absolute atomic E-state index is 0.136. The van der Waals surface area contributed by atoms with Gasteiger partial charge in [-0.25, -0.2) is 0 Å². The molecule has 0 aromatic carbocycles. The summed E-state index contributed by atoms with van der Waals surface area (Å²) in [6.07, 6.45) is 4.01. The maximum Gasteiger partial charge on any atom is 0.0521 e. The van der Waals surface area contributed by atoms with Gasteiger partial charge in [0.1, 0.15) is 0 Å². The molecule has 3 N–H and O–H groups in total. The topological polar surface area (TPSA) is 38.0 Å². The third-order valence-electron chi connectivity index (χ3n) is 3.13. The van der Waals surface area contributed by atoms with Crippen molar-refractivity contribution in [2.45, 2.75) is 58.7 Å². The molecule has 1 aliphatic rings. The Balaban J connectivity index is 2.39. The van der Waals surface area contributed by atoms with Gasteiger partial charge in [0.2, 0.25) is 0 Å². The third kappa shape index (κ3) is 2.68. The van der Waals surface area contributed by atoms with Crippen LogP contribution < -0.4 is 11.1 Å². The molecule has 3 atom stereocenters. The van der Waals surface area contributed by atoms with Crippen LogP contribution in [0.25, 0.3) is 0 Å². The molecule has 0 aliphatic heterocycles. The zero-order chi connectivity index (χ0) is 10.1. The van der Waals surface area contributed by atoms with E-state index in [1.807, 2.05) is 6.92 Å². The molecule has 13 heavy (non-hydrogen) atoms. The highest BCUT2D eigenvalue weighted by Gasteiger charge is 2.52. The van der Waals surface area contributed by atoms with Crippen LogP contribution in [0.4, 0.5) is 0 Å². The van der Waals surface area contributed by atoms with Crippen LogP contribution in [0.3, 0.4) is 0 Å². The summed E-state index contributed by atoms with van der Waals surface area (Å²) in [5, 5.41) is 3.51. The van der Waals surface area contributed by atoms with Crippen molar-refractivity contribution in [2.75, 3.05) is 0 Å². The van der Waals surface area contributed by atoms with Crippen LogP contribution in [0.2, 0.25) is 0 Å². The first-order valence-electron chi connectivity index (χ1n) is 5.53. The van der Waals surface area contributed by atoms with Crippen LogP contribution >= 0.6 is 0 Å². The molecule has 2 nitrogen and oxygen atoms in total. The SMILES string of the molecule is CCC1(NC(C)N)CC1CC(C)C. The lowest BCUT2D eigenvalue weighted by molar-refractivity contribution is 0.371. The summed E-state index contributed by atoms with van der Waals surface area (Å²) < 4.78 is 0. The van der Waals surface area contributed by atoms with Gasteiger partial charge in [-0.15, -0.1) is 0 Å². The summed E-state index contributed by atoms with van der Waals surface area (Å²) in [6.45, 7) is 8.88. The zero-order valence-corrected chi connectivity index (χ0v) is 9.43. The summed E-state index contributed by atoms with van der Waals surface area (Å²) in [4.78, 5) is 0. The summed E-state index contributed by atoms with van der Waals surface area (Å²) in [6, 6.07) is 0. The van der Waals surface area contributed by atoms with E-state index in [1.165, 1.54) is 19.3 Å². The van der Waals surface area contributed by atoms with Gasteiger partial charge in [0.05, 0.1) is 6.17 Å². The molecule has 0 radical (unpaired) electrons. The lowest BCUT2D eigenvalue weighted by Crippen LogP contribution is -2.44. The minimum Gasteiger partial charge on any atom is -0.316 e. The molecular formula is C11H24N2. The highest BCUT2D eigenvalue weighted by atomic mass is 15.1. The Labute approximate surface area is 82.3 Å². The highest BCUT2D eigenvalue weighted by Crippen LogP contribution is 2.49. The van der Waals surface area contributed by atoms with Crippen molar-refractivity contribution in [3.8, 4) is 0 Å². The number of hydrogen-bond donors (Lipinski definition) is 2. The number of nitrogens with one attached hydrogen (secondary N) is 1. The maximum absolute atomic E-state index is 5.78. The van der Waals surface area contributed by atoms with Crippen LogP contribution in [0.15, 0.2) is 0 Å². The van der Waals surface area contributed by atoms with E-state index in [0.29, 0.717) is 5.54 Å². The lowest BCUT2D eigenvalue weighted by atomic mass is 10.0. The highest BCUT2D eigenvalue weighted by molar-refractivity contribution is 5.09. The molecule has 1 aliphatic carbocycles. The first-order chi connectivity index (χ1) is 6.00. The second-order valence-electron chi connectivity index (χ2n) is 4.97. The predicted molar refractivity (Wildman–Crippen MR) is 57.4 cm³/mol. The smallest absolute Gasteiger partial charge is 0.0521 e. The average molecular weight is 184 g/mol. The van der Waals surface area contributed by atoms with Gasteiger partial charge in [0.15, 0.2) is 0 Å². The lowest BCUT2D eigenvalue weighted by Gasteiger charge is -2.21. The van der Waals surface area contributed by atoms with E-state index in [-0.39, 0.29) is 6.17 Å². The van der Waals surface area contributed by atoms with Crippen molar-refractivity contribution in [3.05, 3.63) is 0 Å². The van der Waals surface area contributed by atoms with Gasteiger partial charge >= 0.3 is 0 Å². The van der Waals surface area contributed by atoms with Gasteiger partial charge in [0.25, 0.3) is 0 Å². The number of hydrogen-bond acceptors (Lipinski definition) is 2. The van der Waals surface area contributed by atoms with E-state index in [2.05, 4.69) is 26.1 Å². The molecule has 1 fully saturated rings. The second-order valence-corrected chi connectivity index (χ2v) is 4.97.